The summed E-state index contributed by atoms with van der Waals surface area (Å²) >= 11 is 3.39. The number of hydrogen-bond acceptors (Lipinski definition) is 2. The van der Waals surface area contributed by atoms with E-state index >= 15 is 0 Å². The highest BCUT2D eigenvalue weighted by Gasteiger charge is 2.17. The van der Waals surface area contributed by atoms with Gasteiger partial charge in [0.2, 0.25) is 0 Å². The molecule has 0 aliphatic carbocycles. The molecule has 120 valence electrons. The molecular formula is C19H16BrN3O. The summed E-state index contributed by atoms with van der Waals surface area (Å²) in [5.41, 5.74) is 3.59. The van der Waals surface area contributed by atoms with E-state index in [-0.39, 0.29) is 5.91 Å². The number of aryl methyl sites for hydroxylation is 1. The van der Waals surface area contributed by atoms with Gasteiger partial charge in [-0.25, -0.2) is 4.98 Å². The highest BCUT2D eigenvalue weighted by atomic mass is 79.9. The van der Waals surface area contributed by atoms with E-state index in [1.54, 1.807) is 6.07 Å². The fourth-order valence-corrected chi connectivity index (χ4v) is 3.48. The van der Waals surface area contributed by atoms with Crippen molar-refractivity contribution < 1.29 is 4.79 Å². The number of fused-ring (bicyclic) bond motifs is 1. The van der Waals surface area contributed by atoms with E-state index in [2.05, 4.69) is 36.9 Å². The fourth-order valence-electron chi connectivity index (χ4n) is 3.08. The van der Waals surface area contributed by atoms with E-state index < -0.39 is 0 Å². The number of nitrogens with one attached hydrogen (secondary N) is 1. The van der Waals surface area contributed by atoms with Gasteiger partial charge in [0.1, 0.15) is 5.82 Å². The normalized spacial score (nSPS) is 12.9. The van der Waals surface area contributed by atoms with Crippen LogP contribution in [0, 0.1) is 0 Å². The lowest BCUT2D eigenvalue weighted by Crippen LogP contribution is -2.11. The SMILES string of the molecule is O=C(Nc1cccc(-c2cnc3n2CCC3)c1)c1cccc(Br)c1. The minimum absolute atomic E-state index is 0.119. The minimum atomic E-state index is -0.119. The fraction of sp³-hybridized carbons (Fsp3) is 0.158. The number of aromatic nitrogens is 2. The molecule has 4 nitrogen and oxygen atoms in total. The predicted octanol–water partition coefficient (Wildman–Crippen LogP) is 4.51. The van der Waals surface area contributed by atoms with Crippen molar-refractivity contribution >= 4 is 27.5 Å². The Balaban J connectivity index is 1.60. The number of benzene rings is 2. The summed E-state index contributed by atoms with van der Waals surface area (Å²) in [4.78, 5) is 16.9. The van der Waals surface area contributed by atoms with Crippen LogP contribution in [0.4, 0.5) is 5.69 Å². The van der Waals surface area contributed by atoms with Crippen LogP contribution in [0.25, 0.3) is 11.3 Å². The van der Waals surface area contributed by atoms with Crippen molar-refractivity contribution in [3.63, 3.8) is 0 Å². The predicted molar refractivity (Wildman–Crippen MR) is 98.1 cm³/mol. The summed E-state index contributed by atoms with van der Waals surface area (Å²) in [5, 5.41) is 2.97. The van der Waals surface area contributed by atoms with Gasteiger partial charge >= 0.3 is 0 Å². The molecule has 0 radical (unpaired) electrons. The molecule has 4 rings (SSSR count). The molecule has 1 amide bonds. The number of amides is 1. The molecular weight excluding hydrogens is 366 g/mol. The lowest BCUT2D eigenvalue weighted by molar-refractivity contribution is 0.102. The van der Waals surface area contributed by atoms with Gasteiger partial charge in [0.25, 0.3) is 5.91 Å². The van der Waals surface area contributed by atoms with Crippen LogP contribution in [0.2, 0.25) is 0 Å². The molecule has 0 spiro atoms. The number of anilines is 1. The molecule has 5 heteroatoms. The summed E-state index contributed by atoms with van der Waals surface area (Å²) in [5.74, 6) is 1.03. The lowest BCUT2D eigenvalue weighted by Gasteiger charge is -2.09. The van der Waals surface area contributed by atoms with Crippen molar-refractivity contribution in [2.45, 2.75) is 19.4 Å². The zero-order valence-corrected chi connectivity index (χ0v) is 14.6. The number of carbonyl (C=O) groups is 1. The third kappa shape index (κ3) is 2.87. The van der Waals surface area contributed by atoms with E-state index in [1.807, 2.05) is 42.6 Å². The van der Waals surface area contributed by atoms with Crippen molar-refractivity contribution in [2.75, 3.05) is 5.32 Å². The Kier molecular flexibility index (Phi) is 3.94. The van der Waals surface area contributed by atoms with Gasteiger partial charge in [-0.05, 0) is 36.8 Å². The quantitative estimate of drug-likeness (QED) is 0.725. The Hall–Kier alpha value is -2.40. The Labute approximate surface area is 148 Å². The van der Waals surface area contributed by atoms with Gasteiger partial charge in [0.05, 0.1) is 11.9 Å². The van der Waals surface area contributed by atoms with Gasteiger partial charge in [0.15, 0.2) is 0 Å². The summed E-state index contributed by atoms with van der Waals surface area (Å²) in [7, 11) is 0. The first-order valence-corrected chi connectivity index (χ1v) is 8.72. The van der Waals surface area contributed by atoms with Crippen LogP contribution >= 0.6 is 15.9 Å². The van der Waals surface area contributed by atoms with E-state index in [1.165, 1.54) is 0 Å². The molecule has 0 unspecified atom stereocenters. The summed E-state index contributed by atoms with van der Waals surface area (Å²) in [6.45, 7) is 1.01. The van der Waals surface area contributed by atoms with Crippen LogP contribution in [0.1, 0.15) is 22.6 Å². The molecule has 1 aliphatic rings. The number of halogens is 1. The van der Waals surface area contributed by atoms with Gasteiger partial charge in [-0.15, -0.1) is 0 Å². The zero-order valence-electron chi connectivity index (χ0n) is 13.0. The van der Waals surface area contributed by atoms with Crippen molar-refractivity contribution in [1.82, 2.24) is 9.55 Å². The molecule has 0 saturated heterocycles. The average molecular weight is 382 g/mol. The molecule has 0 fully saturated rings. The topological polar surface area (TPSA) is 46.9 Å². The Morgan fingerprint density at radius 3 is 2.92 bits per heavy atom. The van der Waals surface area contributed by atoms with Crippen LogP contribution in [0.3, 0.4) is 0 Å². The van der Waals surface area contributed by atoms with Gasteiger partial charge in [-0.1, -0.05) is 34.1 Å². The second-order valence-electron chi connectivity index (χ2n) is 5.86. The Bertz CT molecular complexity index is 916. The van der Waals surface area contributed by atoms with E-state index in [0.717, 1.165) is 46.6 Å². The van der Waals surface area contributed by atoms with Crippen LogP contribution in [-0.2, 0) is 13.0 Å². The molecule has 1 N–H and O–H groups in total. The van der Waals surface area contributed by atoms with Crippen molar-refractivity contribution in [3.8, 4) is 11.3 Å². The maximum absolute atomic E-state index is 12.4. The second-order valence-corrected chi connectivity index (χ2v) is 6.78. The molecule has 1 aliphatic heterocycles. The smallest absolute Gasteiger partial charge is 0.255 e. The lowest BCUT2D eigenvalue weighted by atomic mass is 10.1. The average Bonchev–Trinajstić information content (AvgIpc) is 3.18. The van der Waals surface area contributed by atoms with Crippen LogP contribution < -0.4 is 5.32 Å². The summed E-state index contributed by atoms with van der Waals surface area (Å²) < 4.78 is 3.15. The van der Waals surface area contributed by atoms with Crippen LogP contribution in [0.5, 0.6) is 0 Å². The molecule has 2 aromatic carbocycles. The third-order valence-corrected chi connectivity index (χ3v) is 4.72. The number of hydrogen-bond donors (Lipinski definition) is 1. The molecule has 24 heavy (non-hydrogen) atoms. The molecule has 0 bridgehead atoms. The molecule has 0 atom stereocenters. The molecule has 2 heterocycles. The monoisotopic (exact) mass is 381 g/mol. The molecule has 1 aromatic heterocycles. The highest BCUT2D eigenvalue weighted by Crippen LogP contribution is 2.27. The largest absolute Gasteiger partial charge is 0.328 e. The number of nitrogens with zero attached hydrogens (tertiary/aromatic N) is 2. The van der Waals surface area contributed by atoms with E-state index in [4.69, 9.17) is 0 Å². The Morgan fingerprint density at radius 2 is 2.04 bits per heavy atom. The Morgan fingerprint density at radius 1 is 1.17 bits per heavy atom. The van der Waals surface area contributed by atoms with Gasteiger partial charge in [0, 0.05) is 34.3 Å². The van der Waals surface area contributed by atoms with Crippen LogP contribution in [-0.4, -0.2) is 15.5 Å². The number of imidazole rings is 1. The molecule has 3 aromatic rings. The van der Waals surface area contributed by atoms with Crippen molar-refractivity contribution in [1.29, 1.82) is 0 Å². The first-order chi connectivity index (χ1) is 11.7. The van der Waals surface area contributed by atoms with Gasteiger partial charge in [-0.2, -0.15) is 0 Å². The minimum Gasteiger partial charge on any atom is -0.328 e. The van der Waals surface area contributed by atoms with Gasteiger partial charge in [-0.3, -0.25) is 4.79 Å². The summed E-state index contributed by atoms with van der Waals surface area (Å²) in [6.07, 6.45) is 4.11. The number of rotatable bonds is 3. The first-order valence-electron chi connectivity index (χ1n) is 7.92. The van der Waals surface area contributed by atoms with E-state index in [9.17, 15) is 4.79 Å². The second kappa shape index (κ2) is 6.24. The van der Waals surface area contributed by atoms with E-state index in [0.29, 0.717) is 5.56 Å². The first kappa shape index (κ1) is 15.1. The summed E-state index contributed by atoms with van der Waals surface area (Å²) in [6, 6.07) is 15.3. The van der Waals surface area contributed by atoms with Crippen LogP contribution in [0.15, 0.2) is 59.2 Å². The van der Waals surface area contributed by atoms with Crippen molar-refractivity contribution in [2.24, 2.45) is 0 Å². The molecule has 0 saturated carbocycles. The third-order valence-electron chi connectivity index (χ3n) is 4.22. The maximum Gasteiger partial charge on any atom is 0.255 e. The van der Waals surface area contributed by atoms with Crippen molar-refractivity contribution in [3.05, 3.63) is 70.6 Å². The highest BCUT2D eigenvalue weighted by molar-refractivity contribution is 9.10. The zero-order chi connectivity index (χ0) is 16.5. The van der Waals surface area contributed by atoms with Gasteiger partial charge < -0.3 is 9.88 Å². The maximum atomic E-state index is 12.4. The standard InChI is InChI=1S/C19H16BrN3O/c20-15-6-1-5-14(10-15)19(24)22-16-7-2-4-13(11-16)17-12-21-18-8-3-9-23(17)18/h1-2,4-7,10-12H,3,8-9H2,(H,22,24). The number of carbonyl (C=O) groups excluding carboxylic acids is 1.